The highest BCUT2D eigenvalue weighted by Crippen LogP contribution is 2.23. The molecule has 0 bridgehead atoms. The Morgan fingerprint density at radius 3 is 2.58 bits per heavy atom. The first kappa shape index (κ1) is 13.8. The van der Waals surface area contributed by atoms with Crippen molar-refractivity contribution in [2.24, 2.45) is 0 Å². The van der Waals surface area contributed by atoms with E-state index in [1.165, 1.54) is 0 Å². The third-order valence-corrected chi connectivity index (χ3v) is 2.78. The predicted molar refractivity (Wildman–Crippen MR) is 77.7 cm³/mol. The van der Waals surface area contributed by atoms with E-state index in [1.54, 1.807) is 18.3 Å². The van der Waals surface area contributed by atoms with Gasteiger partial charge in [0, 0.05) is 29.9 Å². The average Bonchev–Trinajstić information content (AvgIpc) is 2.40. The maximum absolute atomic E-state index is 5.84. The smallest absolute Gasteiger partial charge is 0.130 e. The summed E-state index contributed by atoms with van der Waals surface area (Å²) in [7, 11) is 0. The number of halogens is 1. The lowest BCUT2D eigenvalue weighted by atomic mass is 10.3. The van der Waals surface area contributed by atoms with Crippen molar-refractivity contribution < 1.29 is 4.74 Å². The van der Waals surface area contributed by atoms with Crippen LogP contribution in [-0.2, 0) is 6.54 Å². The average molecular weight is 277 g/mol. The lowest BCUT2D eigenvalue weighted by Crippen LogP contribution is -2.22. The van der Waals surface area contributed by atoms with E-state index in [4.69, 9.17) is 16.3 Å². The van der Waals surface area contributed by atoms with Crippen molar-refractivity contribution in [1.29, 1.82) is 0 Å². The van der Waals surface area contributed by atoms with E-state index in [2.05, 4.69) is 24.1 Å². The summed E-state index contributed by atoms with van der Waals surface area (Å²) in [5.41, 5.74) is 0.958. The molecule has 0 spiro atoms. The molecule has 3 nitrogen and oxygen atoms in total. The minimum absolute atomic E-state index is 0.433. The summed E-state index contributed by atoms with van der Waals surface area (Å²) in [5, 5.41) is 4.02. The number of pyridine rings is 1. The number of hydrogen-bond acceptors (Lipinski definition) is 3. The van der Waals surface area contributed by atoms with E-state index >= 15 is 0 Å². The lowest BCUT2D eigenvalue weighted by Gasteiger charge is -2.09. The fourth-order valence-electron chi connectivity index (χ4n) is 1.56. The van der Waals surface area contributed by atoms with Gasteiger partial charge in [-0.25, -0.2) is 0 Å². The Morgan fingerprint density at radius 1 is 1.16 bits per heavy atom. The second-order valence-electron chi connectivity index (χ2n) is 4.57. The summed E-state index contributed by atoms with van der Waals surface area (Å²) in [4.78, 5) is 4.30. The summed E-state index contributed by atoms with van der Waals surface area (Å²) in [6.07, 6.45) is 1.75. The zero-order chi connectivity index (χ0) is 13.7. The number of nitrogens with one attached hydrogen (secondary N) is 1. The van der Waals surface area contributed by atoms with Gasteiger partial charge < -0.3 is 10.1 Å². The van der Waals surface area contributed by atoms with Gasteiger partial charge in [0.05, 0.1) is 5.69 Å². The highest BCUT2D eigenvalue weighted by Gasteiger charge is 2.01. The fourth-order valence-corrected chi connectivity index (χ4v) is 1.69. The molecule has 100 valence electrons. The third-order valence-electron chi connectivity index (χ3n) is 2.53. The van der Waals surface area contributed by atoms with Gasteiger partial charge in [0.2, 0.25) is 0 Å². The quantitative estimate of drug-likeness (QED) is 0.895. The van der Waals surface area contributed by atoms with Gasteiger partial charge in [-0.15, -0.1) is 0 Å². The normalized spacial score (nSPS) is 10.7. The molecule has 2 aromatic rings. The van der Waals surface area contributed by atoms with E-state index < -0.39 is 0 Å². The predicted octanol–water partition coefficient (Wildman–Crippen LogP) is 4.03. The number of rotatable bonds is 5. The Hall–Kier alpha value is -1.58. The lowest BCUT2D eigenvalue weighted by molar-refractivity contribution is 0.479. The van der Waals surface area contributed by atoms with Crippen LogP contribution in [0, 0.1) is 0 Å². The van der Waals surface area contributed by atoms with Crippen LogP contribution >= 0.6 is 11.6 Å². The monoisotopic (exact) mass is 276 g/mol. The van der Waals surface area contributed by atoms with Crippen molar-refractivity contribution in [1.82, 2.24) is 10.3 Å². The van der Waals surface area contributed by atoms with Crippen LogP contribution in [-0.4, -0.2) is 11.0 Å². The Balaban J connectivity index is 2.04. The van der Waals surface area contributed by atoms with Crippen LogP contribution in [0.3, 0.4) is 0 Å². The van der Waals surface area contributed by atoms with Crippen LogP contribution in [0.1, 0.15) is 19.5 Å². The molecular weight excluding hydrogens is 260 g/mol. The summed E-state index contributed by atoms with van der Waals surface area (Å²) in [6.45, 7) is 4.94. The second kappa shape index (κ2) is 6.55. The van der Waals surface area contributed by atoms with E-state index in [0.29, 0.717) is 11.1 Å². The zero-order valence-electron chi connectivity index (χ0n) is 11.1. The molecule has 2 rings (SSSR count). The van der Waals surface area contributed by atoms with Crippen molar-refractivity contribution in [3.8, 4) is 11.5 Å². The first-order valence-corrected chi connectivity index (χ1v) is 6.63. The van der Waals surface area contributed by atoms with Gasteiger partial charge in [-0.3, -0.25) is 4.98 Å². The largest absolute Gasteiger partial charge is 0.457 e. The number of benzene rings is 1. The van der Waals surface area contributed by atoms with E-state index in [-0.39, 0.29) is 0 Å². The van der Waals surface area contributed by atoms with Crippen molar-refractivity contribution in [2.45, 2.75) is 26.4 Å². The van der Waals surface area contributed by atoms with Gasteiger partial charge >= 0.3 is 0 Å². The van der Waals surface area contributed by atoms with E-state index in [1.807, 2.05) is 24.3 Å². The third kappa shape index (κ3) is 4.54. The molecule has 0 aliphatic rings. The Bertz CT molecular complexity index is 526. The first-order chi connectivity index (χ1) is 9.13. The van der Waals surface area contributed by atoms with Crippen molar-refractivity contribution in [3.63, 3.8) is 0 Å². The second-order valence-corrected chi connectivity index (χ2v) is 5.01. The Kier molecular flexibility index (Phi) is 4.77. The molecule has 4 heteroatoms. The molecule has 1 aromatic carbocycles. The highest BCUT2D eigenvalue weighted by molar-refractivity contribution is 6.30. The van der Waals surface area contributed by atoms with Crippen molar-refractivity contribution in [3.05, 3.63) is 53.3 Å². The van der Waals surface area contributed by atoms with Gasteiger partial charge in [0.25, 0.3) is 0 Å². The number of nitrogens with zero attached hydrogens (tertiary/aromatic N) is 1. The van der Waals surface area contributed by atoms with Crippen LogP contribution in [0.25, 0.3) is 0 Å². The summed E-state index contributed by atoms with van der Waals surface area (Å²) in [6, 6.07) is 11.5. The van der Waals surface area contributed by atoms with Crippen LogP contribution in [0.15, 0.2) is 42.6 Å². The summed E-state index contributed by atoms with van der Waals surface area (Å²) < 4.78 is 5.75. The van der Waals surface area contributed by atoms with Gasteiger partial charge in [-0.2, -0.15) is 0 Å². The number of aromatic nitrogens is 1. The summed E-state index contributed by atoms with van der Waals surface area (Å²) >= 11 is 5.84. The van der Waals surface area contributed by atoms with Crippen LogP contribution in [0.4, 0.5) is 0 Å². The van der Waals surface area contributed by atoms with Crippen LogP contribution in [0.2, 0.25) is 5.02 Å². The minimum atomic E-state index is 0.433. The van der Waals surface area contributed by atoms with E-state index in [9.17, 15) is 0 Å². The van der Waals surface area contributed by atoms with Crippen LogP contribution in [0.5, 0.6) is 11.5 Å². The van der Waals surface area contributed by atoms with Gasteiger partial charge in [-0.1, -0.05) is 25.4 Å². The van der Waals surface area contributed by atoms with Crippen molar-refractivity contribution in [2.75, 3.05) is 0 Å². The molecule has 1 N–H and O–H groups in total. The minimum Gasteiger partial charge on any atom is -0.457 e. The maximum Gasteiger partial charge on any atom is 0.130 e. The van der Waals surface area contributed by atoms with Gasteiger partial charge in [0.1, 0.15) is 11.5 Å². The molecule has 19 heavy (non-hydrogen) atoms. The van der Waals surface area contributed by atoms with Gasteiger partial charge in [-0.05, 0) is 30.3 Å². The molecule has 0 amide bonds. The molecule has 1 heterocycles. The number of ether oxygens (including phenoxy) is 1. The maximum atomic E-state index is 5.84. The van der Waals surface area contributed by atoms with Gasteiger partial charge in [0.15, 0.2) is 0 Å². The van der Waals surface area contributed by atoms with Crippen LogP contribution < -0.4 is 10.1 Å². The molecule has 0 aliphatic carbocycles. The molecule has 0 fully saturated rings. The first-order valence-electron chi connectivity index (χ1n) is 6.25. The fraction of sp³-hybridized carbons (Fsp3) is 0.267. The highest BCUT2D eigenvalue weighted by atomic mass is 35.5. The summed E-state index contributed by atoms with van der Waals surface area (Å²) in [5.74, 6) is 1.54. The molecule has 0 unspecified atom stereocenters. The Morgan fingerprint density at radius 2 is 1.89 bits per heavy atom. The molecule has 0 radical (unpaired) electrons. The number of hydrogen-bond donors (Lipinski definition) is 1. The molecule has 0 saturated heterocycles. The standard InChI is InChI=1S/C15H17ClN2O/c1-11(2)18-10-13-9-15(7-8-17-13)19-14-5-3-12(16)4-6-14/h3-9,11,18H,10H2,1-2H3. The van der Waals surface area contributed by atoms with E-state index in [0.717, 1.165) is 23.7 Å². The molecule has 0 atom stereocenters. The SMILES string of the molecule is CC(C)NCc1cc(Oc2ccc(Cl)cc2)ccn1. The zero-order valence-corrected chi connectivity index (χ0v) is 11.8. The van der Waals surface area contributed by atoms with Crippen molar-refractivity contribution >= 4 is 11.6 Å². The molecule has 1 aromatic heterocycles. The topological polar surface area (TPSA) is 34.1 Å². The molecular formula is C15H17ClN2O. The molecule has 0 aliphatic heterocycles. The Labute approximate surface area is 118 Å². The molecule has 0 saturated carbocycles.